The first-order valence-electron chi connectivity index (χ1n) is 4.89. The van der Waals surface area contributed by atoms with E-state index in [9.17, 15) is 9.59 Å². The van der Waals surface area contributed by atoms with Crippen LogP contribution >= 0.6 is 0 Å². The first kappa shape index (κ1) is 10.8. The van der Waals surface area contributed by atoms with E-state index in [0.29, 0.717) is 0 Å². The van der Waals surface area contributed by atoms with Crippen LogP contribution in [0.4, 0.5) is 0 Å². The fourth-order valence-corrected chi connectivity index (χ4v) is 2.05. The molecule has 1 saturated carbocycles. The van der Waals surface area contributed by atoms with Crippen LogP contribution in [-0.2, 0) is 9.59 Å². The normalized spacial score (nSPS) is 19.4. The Morgan fingerprint density at radius 2 is 2.00 bits per heavy atom. The lowest BCUT2D eigenvalue weighted by Crippen LogP contribution is -2.29. The lowest BCUT2D eigenvalue weighted by atomic mass is 9.72. The molecule has 0 bridgehead atoms. The second kappa shape index (κ2) is 4.82. The molecule has 0 aromatic heterocycles. The minimum Gasteiger partial charge on any atom is -0.361 e. The number of hydrogen-bond acceptors (Lipinski definition) is 2. The Morgan fingerprint density at radius 1 is 1.36 bits per heavy atom. The minimum absolute atomic E-state index is 0.181. The summed E-state index contributed by atoms with van der Waals surface area (Å²) in [6.07, 6.45) is 6.65. The van der Waals surface area contributed by atoms with E-state index in [1.54, 1.807) is 0 Å². The van der Waals surface area contributed by atoms with Crippen LogP contribution < -0.4 is 0 Å². The molecule has 4 nitrogen and oxygen atoms in total. The van der Waals surface area contributed by atoms with Crippen molar-refractivity contribution in [2.24, 2.45) is 5.41 Å². The van der Waals surface area contributed by atoms with E-state index >= 15 is 0 Å². The lowest BCUT2D eigenvalue weighted by Gasteiger charge is -2.30. The standard InChI is InChI=1S/C10H14N2O2/c11-12-7-9(14)6-10(8-13)4-2-1-3-5-10/h7-8H,1-6H2. The predicted octanol–water partition coefficient (Wildman–Crippen LogP) is 1.40. The maximum atomic E-state index is 11.2. The van der Waals surface area contributed by atoms with Gasteiger partial charge in [0.05, 0.1) is 0 Å². The highest BCUT2D eigenvalue weighted by Crippen LogP contribution is 2.37. The third-order valence-corrected chi connectivity index (χ3v) is 2.83. The summed E-state index contributed by atoms with van der Waals surface area (Å²) in [5.41, 5.74) is 7.69. The summed E-state index contributed by atoms with van der Waals surface area (Å²) in [5, 5.41) is 0. The van der Waals surface area contributed by atoms with Gasteiger partial charge < -0.3 is 10.3 Å². The van der Waals surface area contributed by atoms with Gasteiger partial charge in [0.1, 0.15) is 6.29 Å². The van der Waals surface area contributed by atoms with Gasteiger partial charge >= 0.3 is 6.21 Å². The molecule has 0 unspecified atom stereocenters. The van der Waals surface area contributed by atoms with Crippen molar-refractivity contribution in [3.8, 4) is 0 Å². The Hall–Kier alpha value is -1.28. The van der Waals surface area contributed by atoms with Crippen LogP contribution in [0.3, 0.4) is 0 Å². The van der Waals surface area contributed by atoms with Gasteiger partial charge in [-0.1, -0.05) is 19.3 Å². The highest BCUT2D eigenvalue weighted by atomic mass is 16.1. The molecule has 0 saturated heterocycles. The van der Waals surface area contributed by atoms with Crippen molar-refractivity contribution in [3.05, 3.63) is 5.53 Å². The minimum atomic E-state index is -0.490. The zero-order valence-corrected chi connectivity index (χ0v) is 8.11. The summed E-state index contributed by atoms with van der Waals surface area (Å²) in [4.78, 5) is 24.8. The third-order valence-electron chi connectivity index (χ3n) is 2.83. The summed E-state index contributed by atoms with van der Waals surface area (Å²) >= 11 is 0. The van der Waals surface area contributed by atoms with E-state index < -0.39 is 5.41 Å². The maximum Gasteiger partial charge on any atom is 0.323 e. The Balaban J connectivity index is 2.64. The topological polar surface area (TPSA) is 70.5 Å². The fraction of sp³-hybridized carbons (Fsp3) is 0.700. The summed E-state index contributed by atoms with van der Waals surface area (Å²) in [6.45, 7) is 0. The van der Waals surface area contributed by atoms with Crippen LogP contribution in [0.25, 0.3) is 5.53 Å². The molecule has 0 spiro atoms. The van der Waals surface area contributed by atoms with Gasteiger partial charge in [0.25, 0.3) is 0 Å². The maximum absolute atomic E-state index is 11.2. The molecule has 0 aromatic rings. The average molecular weight is 194 g/mol. The van der Waals surface area contributed by atoms with Crippen molar-refractivity contribution < 1.29 is 14.4 Å². The number of rotatable bonds is 4. The summed E-state index contributed by atoms with van der Waals surface area (Å²) in [7, 11) is 0. The molecular weight excluding hydrogens is 180 g/mol. The molecule has 1 aliphatic carbocycles. The van der Waals surface area contributed by atoms with Crippen LogP contribution in [0, 0.1) is 5.41 Å². The Bertz CT molecular complexity index is 274. The molecule has 76 valence electrons. The molecule has 4 heteroatoms. The monoisotopic (exact) mass is 194 g/mol. The van der Waals surface area contributed by atoms with Crippen molar-refractivity contribution in [1.82, 2.24) is 0 Å². The van der Waals surface area contributed by atoms with Crippen molar-refractivity contribution in [2.75, 3.05) is 0 Å². The zero-order valence-electron chi connectivity index (χ0n) is 8.11. The molecule has 0 aliphatic heterocycles. The van der Waals surface area contributed by atoms with Crippen LogP contribution in [0.5, 0.6) is 0 Å². The zero-order chi connectivity index (χ0) is 10.4. The van der Waals surface area contributed by atoms with E-state index in [1.807, 2.05) is 0 Å². The summed E-state index contributed by atoms with van der Waals surface area (Å²) < 4.78 is 0. The number of Topliss-reactive ketones (excluding diaryl/α,β-unsaturated/α-hetero) is 1. The molecule has 1 aliphatic rings. The van der Waals surface area contributed by atoms with Crippen molar-refractivity contribution in [2.45, 2.75) is 38.5 Å². The van der Waals surface area contributed by atoms with E-state index in [4.69, 9.17) is 5.53 Å². The van der Waals surface area contributed by atoms with Crippen molar-refractivity contribution >= 4 is 18.3 Å². The second-order valence-electron chi connectivity index (χ2n) is 3.93. The number of aldehydes is 1. The van der Waals surface area contributed by atoms with E-state index in [0.717, 1.165) is 44.6 Å². The van der Waals surface area contributed by atoms with Crippen LogP contribution in [-0.4, -0.2) is 23.1 Å². The molecule has 0 atom stereocenters. The van der Waals surface area contributed by atoms with Gasteiger partial charge in [-0.05, 0) is 12.8 Å². The van der Waals surface area contributed by atoms with Gasteiger partial charge in [-0.3, -0.25) is 4.79 Å². The van der Waals surface area contributed by atoms with Crippen LogP contribution in [0.15, 0.2) is 0 Å². The van der Waals surface area contributed by atoms with E-state index in [2.05, 4.69) is 4.79 Å². The van der Waals surface area contributed by atoms with Gasteiger partial charge in [-0.15, -0.1) is 0 Å². The van der Waals surface area contributed by atoms with Gasteiger partial charge in [-0.25, -0.2) is 0 Å². The molecular formula is C10H14N2O2. The molecule has 1 fully saturated rings. The largest absolute Gasteiger partial charge is 0.361 e. The number of carbonyl (C=O) groups excluding carboxylic acids is 2. The molecule has 0 N–H and O–H groups in total. The van der Waals surface area contributed by atoms with Gasteiger partial charge in [0.2, 0.25) is 5.78 Å². The molecule has 0 heterocycles. The summed E-state index contributed by atoms with van der Waals surface area (Å²) in [5.74, 6) is -0.276. The Kier molecular flexibility index (Phi) is 3.72. The molecule has 0 aromatic carbocycles. The highest BCUT2D eigenvalue weighted by Gasteiger charge is 2.34. The number of carbonyl (C=O) groups is 2. The lowest BCUT2D eigenvalue weighted by molar-refractivity contribution is -0.126. The first-order chi connectivity index (χ1) is 6.72. The predicted molar refractivity (Wildman–Crippen MR) is 50.9 cm³/mol. The Morgan fingerprint density at radius 3 is 2.50 bits per heavy atom. The van der Waals surface area contributed by atoms with Crippen LogP contribution in [0.2, 0.25) is 0 Å². The average Bonchev–Trinajstić information content (AvgIpc) is 2.19. The second-order valence-corrected chi connectivity index (χ2v) is 3.93. The number of hydrogen-bond donors (Lipinski definition) is 0. The molecule has 0 amide bonds. The molecule has 1 rings (SSSR count). The SMILES string of the molecule is [N-]=[N+]=CC(=O)CC1(C=O)CCCCC1. The highest BCUT2D eigenvalue weighted by molar-refractivity contribution is 6.25. The smallest absolute Gasteiger partial charge is 0.323 e. The van der Waals surface area contributed by atoms with Crippen molar-refractivity contribution in [3.63, 3.8) is 0 Å². The number of ketones is 1. The van der Waals surface area contributed by atoms with Gasteiger partial charge in [0.15, 0.2) is 0 Å². The van der Waals surface area contributed by atoms with Gasteiger partial charge in [0, 0.05) is 11.8 Å². The quantitative estimate of drug-likeness (QED) is 0.293. The van der Waals surface area contributed by atoms with E-state index in [-0.39, 0.29) is 12.2 Å². The molecule has 0 radical (unpaired) electrons. The first-order valence-corrected chi connectivity index (χ1v) is 4.89. The molecule has 14 heavy (non-hydrogen) atoms. The van der Waals surface area contributed by atoms with Crippen molar-refractivity contribution in [1.29, 1.82) is 0 Å². The summed E-state index contributed by atoms with van der Waals surface area (Å²) in [6, 6.07) is 0. The Labute approximate surface area is 82.9 Å². The van der Waals surface area contributed by atoms with E-state index in [1.165, 1.54) is 0 Å². The van der Waals surface area contributed by atoms with Crippen LogP contribution in [0.1, 0.15) is 38.5 Å². The fourth-order valence-electron chi connectivity index (χ4n) is 2.05. The van der Waals surface area contributed by atoms with Gasteiger partial charge in [-0.2, -0.15) is 4.79 Å². The number of nitrogens with zero attached hydrogens (tertiary/aromatic N) is 2. The third kappa shape index (κ3) is 2.60.